The predicted molar refractivity (Wildman–Crippen MR) is 74.8 cm³/mol. The first kappa shape index (κ1) is 13.3. The van der Waals surface area contributed by atoms with E-state index < -0.39 is 0 Å². The van der Waals surface area contributed by atoms with Crippen molar-refractivity contribution in [1.29, 1.82) is 0 Å². The summed E-state index contributed by atoms with van der Waals surface area (Å²) in [6.07, 6.45) is 1.37. The van der Waals surface area contributed by atoms with E-state index in [0.717, 1.165) is 41.8 Å². The molecular formula is C12H20N2OS2. The molecule has 1 aromatic heterocycles. The average Bonchev–Trinajstić information content (AvgIpc) is 2.86. The van der Waals surface area contributed by atoms with Gasteiger partial charge in [-0.2, -0.15) is 11.8 Å². The minimum atomic E-state index is 0.214. The Bertz CT molecular complexity index is 337. The van der Waals surface area contributed by atoms with Crippen LogP contribution in [0.1, 0.15) is 43.1 Å². The van der Waals surface area contributed by atoms with Gasteiger partial charge in [0.1, 0.15) is 11.1 Å². The Morgan fingerprint density at radius 3 is 3.24 bits per heavy atom. The molecule has 0 aromatic carbocycles. The van der Waals surface area contributed by atoms with Crippen molar-refractivity contribution in [2.75, 3.05) is 24.7 Å². The smallest absolute Gasteiger partial charge is 0.123 e. The van der Waals surface area contributed by atoms with E-state index in [4.69, 9.17) is 9.72 Å². The largest absolute Gasteiger partial charge is 0.369 e. The van der Waals surface area contributed by atoms with Crippen LogP contribution in [0.15, 0.2) is 5.38 Å². The van der Waals surface area contributed by atoms with Gasteiger partial charge in [-0.25, -0.2) is 4.98 Å². The number of rotatable bonds is 5. The number of hydrogen-bond donors (Lipinski definition) is 1. The molecule has 0 spiro atoms. The van der Waals surface area contributed by atoms with Gasteiger partial charge in [0.05, 0.1) is 12.3 Å². The summed E-state index contributed by atoms with van der Waals surface area (Å²) in [7, 11) is 0. The Labute approximate surface area is 111 Å². The lowest BCUT2D eigenvalue weighted by molar-refractivity contribution is 0.0754. The molecule has 0 aliphatic carbocycles. The van der Waals surface area contributed by atoms with Crippen LogP contribution in [0.4, 0.5) is 0 Å². The molecule has 17 heavy (non-hydrogen) atoms. The quantitative estimate of drug-likeness (QED) is 0.893. The van der Waals surface area contributed by atoms with Gasteiger partial charge in [0.25, 0.3) is 0 Å². The normalized spacial score (nSPS) is 22.6. The lowest BCUT2D eigenvalue weighted by Gasteiger charge is -2.20. The third-order valence-corrected chi connectivity index (χ3v) is 4.72. The molecule has 1 N–H and O–H groups in total. The summed E-state index contributed by atoms with van der Waals surface area (Å²) in [6.45, 7) is 6.25. The second kappa shape index (κ2) is 6.73. The molecule has 2 atom stereocenters. The first-order valence-corrected chi connectivity index (χ1v) is 8.22. The van der Waals surface area contributed by atoms with Crippen LogP contribution >= 0.6 is 23.1 Å². The summed E-state index contributed by atoms with van der Waals surface area (Å²) >= 11 is 3.68. The van der Waals surface area contributed by atoms with Crippen molar-refractivity contribution < 1.29 is 4.74 Å². The van der Waals surface area contributed by atoms with E-state index in [2.05, 4.69) is 24.5 Å². The van der Waals surface area contributed by atoms with Crippen molar-refractivity contribution in [3.05, 3.63) is 16.1 Å². The van der Waals surface area contributed by atoms with Crippen LogP contribution in [-0.2, 0) is 4.74 Å². The predicted octanol–water partition coefficient (Wildman–Crippen LogP) is 3.01. The molecule has 2 heterocycles. The molecule has 1 aliphatic heterocycles. The van der Waals surface area contributed by atoms with Gasteiger partial charge in [0.2, 0.25) is 0 Å². The maximum absolute atomic E-state index is 5.74. The van der Waals surface area contributed by atoms with Crippen molar-refractivity contribution in [2.24, 2.45) is 0 Å². The highest BCUT2D eigenvalue weighted by molar-refractivity contribution is 7.99. The van der Waals surface area contributed by atoms with Gasteiger partial charge < -0.3 is 10.1 Å². The van der Waals surface area contributed by atoms with Gasteiger partial charge in [-0.05, 0) is 19.9 Å². The van der Waals surface area contributed by atoms with E-state index in [0.29, 0.717) is 6.04 Å². The number of thioether (sulfide) groups is 1. The van der Waals surface area contributed by atoms with Gasteiger partial charge in [0, 0.05) is 22.9 Å². The molecule has 1 aromatic rings. The van der Waals surface area contributed by atoms with Gasteiger partial charge in [-0.3, -0.25) is 0 Å². The van der Waals surface area contributed by atoms with Gasteiger partial charge >= 0.3 is 0 Å². The molecular weight excluding hydrogens is 252 g/mol. The Morgan fingerprint density at radius 1 is 1.65 bits per heavy atom. The molecule has 2 unspecified atom stereocenters. The molecule has 0 bridgehead atoms. The highest BCUT2D eigenvalue weighted by atomic mass is 32.2. The third-order valence-electron chi connectivity index (χ3n) is 2.78. The van der Waals surface area contributed by atoms with Crippen molar-refractivity contribution >= 4 is 23.1 Å². The van der Waals surface area contributed by atoms with Crippen molar-refractivity contribution in [3.8, 4) is 0 Å². The van der Waals surface area contributed by atoms with Crippen LogP contribution in [-0.4, -0.2) is 29.6 Å². The van der Waals surface area contributed by atoms with E-state index in [1.807, 2.05) is 11.8 Å². The molecule has 3 nitrogen and oxygen atoms in total. The number of nitrogens with one attached hydrogen (secondary N) is 1. The minimum absolute atomic E-state index is 0.214. The fraction of sp³-hybridized carbons (Fsp3) is 0.750. The third kappa shape index (κ3) is 3.68. The zero-order chi connectivity index (χ0) is 12.1. The van der Waals surface area contributed by atoms with E-state index in [1.54, 1.807) is 11.3 Å². The van der Waals surface area contributed by atoms with E-state index in [9.17, 15) is 0 Å². The van der Waals surface area contributed by atoms with Crippen LogP contribution in [0.5, 0.6) is 0 Å². The molecule has 1 saturated heterocycles. The molecule has 0 saturated carbocycles. The molecule has 2 rings (SSSR count). The second-order valence-electron chi connectivity index (χ2n) is 4.22. The molecule has 0 radical (unpaired) electrons. The topological polar surface area (TPSA) is 34.1 Å². The van der Waals surface area contributed by atoms with Crippen molar-refractivity contribution in [1.82, 2.24) is 10.3 Å². The van der Waals surface area contributed by atoms with Crippen LogP contribution < -0.4 is 5.32 Å². The zero-order valence-electron chi connectivity index (χ0n) is 10.4. The van der Waals surface area contributed by atoms with Crippen molar-refractivity contribution in [3.63, 3.8) is 0 Å². The summed E-state index contributed by atoms with van der Waals surface area (Å²) in [5.74, 6) is 2.16. The number of nitrogens with zero attached hydrogens (tertiary/aromatic N) is 1. The lowest BCUT2D eigenvalue weighted by Crippen LogP contribution is -2.20. The van der Waals surface area contributed by atoms with Gasteiger partial charge in [0.15, 0.2) is 0 Å². The number of thiazole rings is 1. The van der Waals surface area contributed by atoms with Gasteiger partial charge in [-0.15, -0.1) is 11.3 Å². The highest BCUT2D eigenvalue weighted by Gasteiger charge is 2.20. The maximum Gasteiger partial charge on any atom is 0.123 e. The summed E-state index contributed by atoms with van der Waals surface area (Å²) in [5, 5.41) is 6.76. The fourth-order valence-electron chi connectivity index (χ4n) is 1.74. The average molecular weight is 272 g/mol. The molecule has 0 amide bonds. The Hall–Kier alpha value is -0.100. The number of ether oxygens (including phenoxy) is 1. The zero-order valence-corrected chi connectivity index (χ0v) is 12.1. The SMILES string of the molecule is CCCNC(C)c1csc(C2CSCCO2)n1. The monoisotopic (exact) mass is 272 g/mol. The number of hydrogen-bond acceptors (Lipinski definition) is 5. The summed E-state index contributed by atoms with van der Waals surface area (Å²) < 4.78 is 5.74. The molecule has 96 valence electrons. The van der Waals surface area contributed by atoms with Crippen molar-refractivity contribution in [2.45, 2.75) is 32.4 Å². The summed E-state index contributed by atoms with van der Waals surface area (Å²) in [6, 6.07) is 0.344. The number of aromatic nitrogens is 1. The van der Waals surface area contributed by atoms with E-state index >= 15 is 0 Å². The van der Waals surface area contributed by atoms with Crippen LogP contribution in [0.2, 0.25) is 0 Å². The Morgan fingerprint density at radius 2 is 2.53 bits per heavy atom. The van der Waals surface area contributed by atoms with E-state index in [1.165, 1.54) is 0 Å². The summed E-state index contributed by atoms with van der Waals surface area (Å²) in [5.41, 5.74) is 1.15. The molecule has 1 aliphatic rings. The Kier molecular flexibility index (Phi) is 5.28. The standard InChI is InChI=1S/C12H20N2OS2/c1-3-4-13-9(2)10-7-17-12(14-10)11-8-16-6-5-15-11/h7,9,11,13H,3-6,8H2,1-2H3. The lowest BCUT2D eigenvalue weighted by atomic mass is 10.2. The van der Waals surface area contributed by atoms with Crippen LogP contribution in [0, 0.1) is 0 Å². The van der Waals surface area contributed by atoms with E-state index in [-0.39, 0.29) is 6.10 Å². The molecule has 5 heteroatoms. The first-order chi connectivity index (χ1) is 8.31. The molecule has 1 fully saturated rings. The van der Waals surface area contributed by atoms with Gasteiger partial charge in [-0.1, -0.05) is 6.92 Å². The Balaban J connectivity index is 1.94. The minimum Gasteiger partial charge on any atom is -0.369 e. The first-order valence-electron chi connectivity index (χ1n) is 6.19. The highest BCUT2D eigenvalue weighted by Crippen LogP contribution is 2.29. The fourth-order valence-corrected chi connectivity index (χ4v) is 3.66. The maximum atomic E-state index is 5.74. The summed E-state index contributed by atoms with van der Waals surface area (Å²) in [4.78, 5) is 4.70. The van der Waals surface area contributed by atoms with Crippen LogP contribution in [0.3, 0.4) is 0 Å². The second-order valence-corrected chi connectivity index (χ2v) is 6.26. The van der Waals surface area contributed by atoms with Crippen LogP contribution in [0.25, 0.3) is 0 Å².